The number of hydrogen-bond acceptors (Lipinski definition) is 5. The Labute approximate surface area is 108 Å². The van der Waals surface area contributed by atoms with Crippen molar-refractivity contribution in [2.75, 3.05) is 23.7 Å². The molecule has 0 fully saturated rings. The van der Waals surface area contributed by atoms with Crippen LogP contribution in [0.5, 0.6) is 0 Å². The number of aromatic nitrogens is 2. The van der Waals surface area contributed by atoms with Crippen molar-refractivity contribution in [2.45, 2.75) is 34.6 Å². The molecule has 1 aromatic rings. The van der Waals surface area contributed by atoms with E-state index in [2.05, 4.69) is 41.4 Å². The van der Waals surface area contributed by atoms with Gasteiger partial charge in [-0.25, -0.2) is 9.97 Å². The van der Waals surface area contributed by atoms with Crippen LogP contribution >= 0.6 is 0 Å². The fraction of sp³-hybridized carbons (Fsp3) is 0.615. The van der Waals surface area contributed by atoms with Gasteiger partial charge in [-0.1, -0.05) is 20.8 Å². The average molecular weight is 250 g/mol. The van der Waals surface area contributed by atoms with Gasteiger partial charge in [0.2, 0.25) is 0 Å². The lowest BCUT2D eigenvalue weighted by Crippen LogP contribution is -2.20. The summed E-state index contributed by atoms with van der Waals surface area (Å²) < 4.78 is 0. The quantitative estimate of drug-likeness (QED) is 0.839. The maximum atomic E-state index is 10.9. The predicted molar refractivity (Wildman–Crippen MR) is 73.9 cm³/mol. The minimum absolute atomic E-state index is 0.0791. The lowest BCUT2D eigenvalue weighted by atomic mass is 9.97. The number of Topliss-reactive ketones (excluding diaryl/α,β-unsaturated/α-hetero) is 1. The third-order valence-corrected chi connectivity index (χ3v) is 2.16. The van der Waals surface area contributed by atoms with E-state index in [-0.39, 0.29) is 17.7 Å². The molecule has 5 nitrogen and oxygen atoms in total. The van der Waals surface area contributed by atoms with Crippen molar-refractivity contribution in [3.8, 4) is 0 Å². The first kappa shape index (κ1) is 14.4. The van der Waals surface area contributed by atoms with E-state index in [1.54, 1.807) is 6.92 Å². The Balaban J connectivity index is 2.71. The predicted octanol–water partition coefficient (Wildman–Crippen LogP) is 2.24. The molecule has 0 aliphatic carbocycles. The van der Waals surface area contributed by atoms with Gasteiger partial charge in [0.05, 0.1) is 6.54 Å². The molecule has 0 aliphatic rings. The normalized spacial score (nSPS) is 11.2. The van der Waals surface area contributed by atoms with Gasteiger partial charge in [-0.05, 0) is 19.3 Å². The van der Waals surface area contributed by atoms with Gasteiger partial charge in [0.25, 0.3) is 0 Å². The highest BCUT2D eigenvalue weighted by Crippen LogP contribution is 2.16. The first-order valence-electron chi connectivity index (χ1n) is 6.09. The van der Waals surface area contributed by atoms with Crippen molar-refractivity contribution in [1.82, 2.24) is 9.97 Å². The molecule has 0 atom stereocenters. The Kier molecular flexibility index (Phi) is 4.64. The average Bonchev–Trinajstić information content (AvgIpc) is 2.22. The summed E-state index contributed by atoms with van der Waals surface area (Å²) in [6.45, 7) is 11.0. The largest absolute Gasteiger partial charge is 0.369 e. The molecule has 18 heavy (non-hydrogen) atoms. The first-order chi connectivity index (χ1) is 8.26. The molecule has 100 valence electrons. The molecule has 5 heteroatoms. The van der Waals surface area contributed by atoms with Crippen LogP contribution in [0, 0.1) is 12.3 Å². The minimum atomic E-state index is 0.0791. The van der Waals surface area contributed by atoms with E-state index in [1.165, 1.54) is 0 Å². The van der Waals surface area contributed by atoms with Crippen LogP contribution in [0.3, 0.4) is 0 Å². The van der Waals surface area contributed by atoms with Crippen molar-refractivity contribution in [3.05, 3.63) is 11.9 Å². The lowest BCUT2D eigenvalue weighted by Gasteiger charge is -2.19. The second-order valence-electron chi connectivity index (χ2n) is 5.66. The van der Waals surface area contributed by atoms with Crippen LogP contribution in [0.1, 0.15) is 33.5 Å². The van der Waals surface area contributed by atoms with Crippen LogP contribution in [0.15, 0.2) is 6.07 Å². The maximum absolute atomic E-state index is 10.9. The highest BCUT2D eigenvalue weighted by atomic mass is 16.1. The number of ketones is 1. The van der Waals surface area contributed by atoms with Crippen molar-refractivity contribution < 1.29 is 4.79 Å². The molecule has 0 radical (unpaired) electrons. The topological polar surface area (TPSA) is 66.9 Å². The number of nitrogens with one attached hydrogen (secondary N) is 2. The van der Waals surface area contributed by atoms with Crippen molar-refractivity contribution in [2.24, 2.45) is 5.41 Å². The summed E-state index contributed by atoms with van der Waals surface area (Å²) in [5.41, 5.74) is 0.186. The van der Waals surface area contributed by atoms with Crippen LogP contribution in [0.4, 0.5) is 11.6 Å². The third kappa shape index (κ3) is 5.61. The fourth-order valence-electron chi connectivity index (χ4n) is 1.32. The monoisotopic (exact) mass is 250 g/mol. The second-order valence-corrected chi connectivity index (χ2v) is 5.66. The van der Waals surface area contributed by atoms with Gasteiger partial charge in [-0.15, -0.1) is 0 Å². The zero-order chi connectivity index (χ0) is 13.8. The number of hydrogen-bond donors (Lipinski definition) is 2. The molecule has 0 aromatic carbocycles. The van der Waals surface area contributed by atoms with Gasteiger partial charge in [0, 0.05) is 12.6 Å². The summed E-state index contributed by atoms with van der Waals surface area (Å²) in [5, 5.41) is 6.26. The molecule has 0 amide bonds. The standard InChI is InChI=1S/C13H22N4O/c1-9(18)7-14-11-6-12(17-10(2)16-11)15-8-13(3,4)5/h6H,7-8H2,1-5H3,(H2,14,15,16,17). The lowest BCUT2D eigenvalue weighted by molar-refractivity contribution is -0.115. The highest BCUT2D eigenvalue weighted by Gasteiger charge is 2.10. The van der Waals surface area contributed by atoms with Crippen LogP contribution in [0.25, 0.3) is 0 Å². The summed E-state index contributed by atoms with van der Waals surface area (Å²) in [5.74, 6) is 2.22. The van der Waals surface area contributed by atoms with Gasteiger partial charge < -0.3 is 10.6 Å². The molecular formula is C13H22N4O. The molecule has 1 heterocycles. The van der Waals surface area contributed by atoms with Crippen LogP contribution in [0.2, 0.25) is 0 Å². The zero-order valence-corrected chi connectivity index (χ0v) is 11.8. The van der Waals surface area contributed by atoms with E-state index < -0.39 is 0 Å². The van der Waals surface area contributed by atoms with E-state index in [4.69, 9.17) is 0 Å². The second kappa shape index (κ2) is 5.80. The molecule has 0 bridgehead atoms. The van der Waals surface area contributed by atoms with Crippen LogP contribution in [-0.4, -0.2) is 28.8 Å². The zero-order valence-electron chi connectivity index (χ0n) is 11.8. The molecule has 2 N–H and O–H groups in total. The molecule has 0 saturated heterocycles. The number of carbonyl (C=O) groups is 1. The van der Waals surface area contributed by atoms with E-state index in [9.17, 15) is 4.79 Å². The van der Waals surface area contributed by atoms with Crippen molar-refractivity contribution in [1.29, 1.82) is 0 Å². The molecule has 1 rings (SSSR count). The summed E-state index contributed by atoms with van der Waals surface area (Å²) in [6.07, 6.45) is 0. The number of anilines is 2. The van der Waals surface area contributed by atoms with E-state index in [0.29, 0.717) is 11.6 Å². The van der Waals surface area contributed by atoms with Gasteiger partial charge >= 0.3 is 0 Å². The van der Waals surface area contributed by atoms with Crippen molar-refractivity contribution >= 4 is 17.4 Å². The van der Waals surface area contributed by atoms with Gasteiger partial charge in [0.1, 0.15) is 23.2 Å². The van der Waals surface area contributed by atoms with Crippen LogP contribution < -0.4 is 10.6 Å². The minimum Gasteiger partial charge on any atom is -0.369 e. The number of nitrogens with zero attached hydrogens (tertiary/aromatic N) is 2. The summed E-state index contributed by atoms with van der Waals surface area (Å²) in [4.78, 5) is 19.5. The fourth-order valence-corrected chi connectivity index (χ4v) is 1.32. The Hall–Kier alpha value is -1.65. The number of rotatable bonds is 5. The Morgan fingerprint density at radius 3 is 2.28 bits per heavy atom. The van der Waals surface area contributed by atoms with E-state index in [1.807, 2.05) is 13.0 Å². The van der Waals surface area contributed by atoms with Gasteiger partial charge in [0.15, 0.2) is 0 Å². The SMILES string of the molecule is CC(=O)CNc1cc(NCC(C)(C)C)nc(C)n1. The number of carbonyl (C=O) groups excluding carboxylic acids is 1. The Morgan fingerprint density at radius 1 is 1.22 bits per heavy atom. The summed E-state index contributed by atoms with van der Waals surface area (Å²) >= 11 is 0. The highest BCUT2D eigenvalue weighted by molar-refractivity contribution is 5.80. The molecule has 0 saturated carbocycles. The van der Waals surface area contributed by atoms with Gasteiger partial charge in [-0.2, -0.15) is 0 Å². The molecule has 0 spiro atoms. The van der Waals surface area contributed by atoms with E-state index >= 15 is 0 Å². The smallest absolute Gasteiger partial charge is 0.148 e. The molecule has 0 unspecified atom stereocenters. The Morgan fingerprint density at radius 2 is 1.78 bits per heavy atom. The third-order valence-electron chi connectivity index (χ3n) is 2.16. The Bertz CT molecular complexity index is 423. The summed E-state index contributed by atoms with van der Waals surface area (Å²) in [7, 11) is 0. The van der Waals surface area contributed by atoms with Gasteiger partial charge in [-0.3, -0.25) is 4.79 Å². The first-order valence-corrected chi connectivity index (χ1v) is 6.09. The maximum Gasteiger partial charge on any atom is 0.148 e. The molecular weight excluding hydrogens is 228 g/mol. The van der Waals surface area contributed by atoms with Crippen LogP contribution in [-0.2, 0) is 4.79 Å². The molecule has 0 aliphatic heterocycles. The number of aryl methyl sites for hydroxylation is 1. The molecule has 1 aromatic heterocycles. The summed E-state index contributed by atoms with van der Waals surface area (Å²) in [6, 6.07) is 1.82. The van der Waals surface area contributed by atoms with Crippen molar-refractivity contribution in [3.63, 3.8) is 0 Å². The van der Waals surface area contributed by atoms with E-state index in [0.717, 1.165) is 12.4 Å².